The van der Waals surface area contributed by atoms with Crippen molar-refractivity contribution in [3.05, 3.63) is 46.4 Å². The van der Waals surface area contributed by atoms with E-state index in [9.17, 15) is 9.59 Å². The number of nitrogens with one attached hydrogen (secondary N) is 3. The lowest BCUT2D eigenvalue weighted by atomic mass is 10.1. The Bertz CT molecular complexity index is 735. The monoisotopic (exact) mass is 314 g/mol. The summed E-state index contributed by atoms with van der Waals surface area (Å²) in [6, 6.07) is 8.99. The lowest BCUT2D eigenvalue weighted by Crippen LogP contribution is -2.44. The van der Waals surface area contributed by atoms with Crippen molar-refractivity contribution in [2.75, 3.05) is 39.3 Å². The van der Waals surface area contributed by atoms with Crippen molar-refractivity contribution >= 4 is 16.7 Å². The van der Waals surface area contributed by atoms with Gasteiger partial charge in [-0.15, -0.1) is 0 Å². The van der Waals surface area contributed by atoms with Gasteiger partial charge in [-0.3, -0.25) is 9.59 Å². The Morgan fingerprint density at radius 2 is 2.00 bits per heavy atom. The minimum absolute atomic E-state index is 0.228. The van der Waals surface area contributed by atoms with E-state index < -0.39 is 0 Å². The highest BCUT2D eigenvalue weighted by Gasteiger charge is 2.11. The second kappa shape index (κ2) is 7.39. The number of benzene rings is 1. The molecule has 1 amide bonds. The van der Waals surface area contributed by atoms with Gasteiger partial charge < -0.3 is 20.5 Å². The first-order chi connectivity index (χ1) is 11.2. The molecule has 23 heavy (non-hydrogen) atoms. The number of H-pyrrole nitrogens is 1. The minimum Gasteiger partial charge on any atom is -0.351 e. The maximum atomic E-state index is 12.2. The van der Waals surface area contributed by atoms with Crippen molar-refractivity contribution in [2.45, 2.75) is 6.42 Å². The summed E-state index contributed by atoms with van der Waals surface area (Å²) in [6.07, 6.45) is 0.906. The second-order valence-corrected chi connectivity index (χ2v) is 5.80. The van der Waals surface area contributed by atoms with E-state index in [-0.39, 0.29) is 11.5 Å². The molecule has 1 aliphatic rings. The molecule has 6 heteroatoms. The maximum Gasteiger partial charge on any atom is 0.267 e. The fourth-order valence-corrected chi connectivity index (χ4v) is 2.87. The average molecular weight is 314 g/mol. The molecule has 3 rings (SSSR count). The highest BCUT2D eigenvalue weighted by atomic mass is 16.2. The number of hydrogen-bond donors (Lipinski definition) is 3. The fourth-order valence-electron chi connectivity index (χ4n) is 2.87. The van der Waals surface area contributed by atoms with Gasteiger partial charge in [0.2, 0.25) is 0 Å². The van der Waals surface area contributed by atoms with Gasteiger partial charge in [0.1, 0.15) is 5.69 Å². The van der Waals surface area contributed by atoms with Crippen LogP contribution in [0.5, 0.6) is 0 Å². The van der Waals surface area contributed by atoms with Crippen LogP contribution in [-0.2, 0) is 0 Å². The number of pyridine rings is 1. The number of carbonyl (C=O) groups excluding carboxylic acids is 1. The number of piperazine rings is 1. The molecule has 1 saturated heterocycles. The first-order valence-corrected chi connectivity index (χ1v) is 8.07. The Morgan fingerprint density at radius 3 is 2.83 bits per heavy atom. The first-order valence-electron chi connectivity index (χ1n) is 8.07. The molecule has 0 unspecified atom stereocenters. The van der Waals surface area contributed by atoms with Crippen LogP contribution in [0.1, 0.15) is 16.9 Å². The highest BCUT2D eigenvalue weighted by Crippen LogP contribution is 2.09. The third-order valence-corrected chi connectivity index (χ3v) is 4.14. The number of aromatic amines is 1. The van der Waals surface area contributed by atoms with Gasteiger partial charge in [-0.05, 0) is 30.5 Å². The molecule has 1 aromatic heterocycles. The minimum atomic E-state index is -0.229. The van der Waals surface area contributed by atoms with Crippen molar-refractivity contribution in [3.63, 3.8) is 0 Å². The van der Waals surface area contributed by atoms with Crippen LogP contribution in [0.15, 0.2) is 35.1 Å². The molecule has 122 valence electrons. The molecule has 1 fully saturated rings. The van der Waals surface area contributed by atoms with Crippen LogP contribution in [0.25, 0.3) is 10.8 Å². The van der Waals surface area contributed by atoms with Gasteiger partial charge >= 0.3 is 0 Å². The number of aromatic nitrogens is 1. The lowest BCUT2D eigenvalue weighted by Gasteiger charge is -2.27. The molecule has 3 N–H and O–H groups in total. The molecule has 2 aromatic rings. The van der Waals surface area contributed by atoms with Crippen LogP contribution >= 0.6 is 0 Å². The van der Waals surface area contributed by atoms with Gasteiger partial charge in [-0.1, -0.05) is 18.2 Å². The van der Waals surface area contributed by atoms with Crippen LogP contribution in [0.4, 0.5) is 0 Å². The Kier molecular flexibility index (Phi) is 5.05. The van der Waals surface area contributed by atoms with Crippen molar-refractivity contribution in [1.82, 2.24) is 20.5 Å². The Morgan fingerprint density at radius 1 is 1.22 bits per heavy atom. The van der Waals surface area contributed by atoms with Crippen molar-refractivity contribution in [3.8, 4) is 0 Å². The number of amides is 1. The van der Waals surface area contributed by atoms with Crippen LogP contribution in [-0.4, -0.2) is 55.1 Å². The van der Waals surface area contributed by atoms with Gasteiger partial charge in [0, 0.05) is 38.1 Å². The van der Waals surface area contributed by atoms with E-state index in [1.165, 1.54) is 0 Å². The SMILES string of the molecule is O=C(NCCCN1CCNCC1)c1cc2ccccc2c(=O)[nH]1. The van der Waals surface area contributed by atoms with Crippen molar-refractivity contribution in [2.24, 2.45) is 0 Å². The molecule has 1 aromatic carbocycles. The smallest absolute Gasteiger partial charge is 0.267 e. The molecule has 0 aliphatic carbocycles. The Hall–Kier alpha value is -2.18. The molecule has 0 radical (unpaired) electrons. The second-order valence-electron chi connectivity index (χ2n) is 5.80. The zero-order chi connectivity index (χ0) is 16.1. The molecule has 6 nitrogen and oxygen atoms in total. The molecule has 0 bridgehead atoms. The van der Waals surface area contributed by atoms with Crippen LogP contribution in [0.2, 0.25) is 0 Å². The van der Waals surface area contributed by atoms with E-state index in [0.29, 0.717) is 17.6 Å². The van der Waals surface area contributed by atoms with Crippen LogP contribution in [0.3, 0.4) is 0 Å². The third kappa shape index (κ3) is 3.97. The third-order valence-electron chi connectivity index (χ3n) is 4.14. The van der Waals surface area contributed by atoms with Gasteiger partial charge in [0.05, 0.1) is 0 Å². The van der Waals surface area contributed by atoms with Gasteiger partial charge in [-0.2, -0.15) is 0 Å². The molecule has 0 saturated carbocycles. The van der Waals surface area contributed by atoms with Gasteiger partial charge in [0.25, 0.3) is 11.5 Å². The number of nitrogens with zero attached hydrogens (tertiary/aromatic N) is 1. The van der Waals surface area contributed by atoms with E-state index in [4.69, 9.17) is 0 Å². The zero-order valence-corrected chi connectivity index (χ0v) is 13.1. The van der Waals surface area contributed by atoms with Crippen molar-refractivity contribution in [1.29, 1.82) is 0 Å². The standard InChI is InChI=1S/C17H22N4O2/c22-16-14-5-2-1-4-13(14)12-15(20-16)17(23)19-6-3-9-21-10-7-18-8-11-21/h1-2,4-5,12,18H,3,6-11H2,(H,19,23)(H,20,22). The summed E-state index contributed by atoms with van der Waals surface area (Å²) >= 11 is 0. The predicted octanol–water partition coefficient (Wildman–Crippen LogP) is 0.553. The topological polar surface area (TPSA) is 77.2 Å². The summed E-state index contributed by atoms with van der Waals surface area (Å²) in [5, 5.41) is 7.58. The van der Waals surface area contributed by atoms with Crippen LogP contribution < -0.4 is 16.2 Å². The average Bonchev–Trinajstić information content (AvgIpc) is 2.59. The molecule has 2 heterocycles. The summed E-state index contributed by atoms with van der Waals surface area (Å²) in [5.74, 6) is -0.229. The van der Waals surface area contributed by atoms with Gasteiger partial charge in [0.15, 0.2) is 0 Å². The largest absolute Gasteiger partial charge is 0.351 e. The first kappa shape index (κ1) is 15.7. The highest BCUT2D eigenvalue weighted by molar-refractivity contribution is 5.96. The van der Waals surface area contributed by atoms with E-state index in [1.807, 2.05) is 18.2 Å². The van der Waals surface area contributed by atoms with Crippen molar-refractivity contribution < 1.29 is 4.79 Å². The number of carbonyl (C=O) groups is 1. The number of rotatable bonds is 5. The summed E-state index contributed by atoms with van der Waals surface area (Å²) in [5.41, 5.74) is 0.0879. The number of fused-ring (bicyclic) bond motifs is 1. The van der Waals surface area contributed by atoms with E-state index in [1.54, 1.807) is 12.1 Å². The lowest BCUT2D eigenvalue weighted by molar-refractivity contribution is 0.0946. The summed E-state index contributed by atoms with van der Waals surface area (Å²) in [6.45, 7) is 5.78. The normalized spacial score (nSPS) is 15.7. The molecular formula is C17H22N4O2. The quantitative estimate of drug-likeness (QED) is 0.705. The summed E-state index contributed by atoms with van der Waals surface area (Å²) < 4.78 is 0. The molecule has 1 aliphatic heterocycles. The van der Waals surface area contributed by atoms with E-state index in [0.717, 1.165) is 44.5 Å². The number of hydrogen-bond acceptors (Lipinski definition) is 4. The maximum absolute atomic E-state index is 12.2. The van der Waals surface area contributed by atoms with Crippen LogP contribution in [0, 0.1) is 0 Å². The fraction of sp³-hybridized carbons (Fsp3) is 0.412. The summed E-state index contributed by atoms with van der Waals surface area (Å²) in [4.78, 5) is 29.2. The Balaban J connectivity index is 1.55. The van der Waals surface area contributed by atoms with E-state index in [2.05, 4.69) is 20.5 Å². The van der Waals surface area contributed by atoms with Gasteiger partial charge in [-0.25, -0.2) is 0 Å². The summed E-state index contributed by atoms with van der Waals surface area (Å²) in [7, 11) is 0. The zero-order valence-electron chi connectivity index (χ0n) is 13.1. The molecular weight excluding hydrogens is 292 g/mol. The Labute approximate surface area is 134 Å². The predicted molar refractivity (Wildman–Crippen MR) is 90.8 cm³/mol. The van der Waals surface area contributed by atoms with E-state index >= 15 is 0 Å². The molecule has 0 spiro atoms. The molecule has 0 atom stereocenters.